The zero-order valence-corrected chi connectivity index (χ0v) is 21.1. The lowest BCUT2D eigenvalue weighted by Gasteiger charge is -2.34. The van der Waals surface area contributed by atoms with Crippen molar-refractivity contribution >= 4 is 22.9 Å². The summed E-state index contributed by atoms with van der Waals surface area (Å²) in [7, 11) is 0. The van der Waals surface area contributed by atoms with E-state index in [1.165, 1.54) is 17.7 Å². The van der Waals surface area contributed by atoms with Gasteiger partial charge >= 0.3 is 6.09 Å². The van der Waals surface area contributed by atoms with Gasteiger partial charge in [-0.1, -0.05) is 35.9 Å². The number of fused-ring (bicyclic) bond motifs is 1. The van der Waals surface area contributed by atoms with Crippen LogP contribution in [-0.4, -0.2) is 32.5 Å². The molecule has 2 amide bonds. The summed E-state index contributed by atoms with van der Waals surface area (Å²) in [6, 6.07) is 14.5. The number of hydrogen-bond donors (Lipinski definition) is 2. The van der Waals surface area contributed by atoms with Gasteiger partial charge in [0.05, 0.1) is 12.1 Å². The molecule has 1 aliphatic rings. The topological polar surface area (TPSA) is 96.5 Å². The smallest absolute Gasteiger partial charge is 0.408 e. The number of primary amides is 1. The fourth-order valence-corrected chi connectivity index (χ4v) is 4.56. The van der Waals surface area contributed by atoms with Crippen LogP contribution in [0.25, 0.3) is 22.0 Å². The van der Waals surface area contributed by atoms with Crippen LogP contribution in [0.4, 0.5) is 4.79 Å². The maximum atomic E-state index is 12.3. The van der Waals surface area contributed by atoms with E-state index in [2.05, 4.69) is 37.3 Å². The summed E-state index contributed by atoms with van der Waals surface area (Å²) in [6.45, 7) is 8.08. The molecule has 4 rings (SSSR count). The molecule has 35 heavy (non-hydrogen) atoms. The van der Waals surface area contributed by atoms with Crippen molar-refractivity contribution in [3.63, 3.8) is 0 Å². The van der Waals surface area contributed by atoms with Gasteiger partial charge in [-0.3, -0.25) is 14.7 Å². The second kappa shape index (κ2) is 9.68. The van der Waals surface area contributed by atoms with Gasteiger partial charge in [0.1, 0.15) is 0 Å². The van der Waals surface area contributed by atoms with Gasteiger partial charge in [-0.25, -0.2) is 4.79 Å². The number of hydrogen-bond acceptors (Lipinski definition) is 3. The van der Waals surface area contributed by atoms with E-state index in [9.17, 15) is 14.7 Å². The zero-order valence-electron chi connectivity index (χ0n) is 21.1. The van der Waals surface area contributed by atoms with Gasteiger partial charge in [-0.05, 0) is 88.1 Å². The molecule has 1 aromatic heterocycles. The average Bonchev–Trinajstić information content (AvgIpc) is 3.59. The molecule has 3 aromatic rings. The lowest BCUT2D eigenvalue weighted by Crippen LogP contribution is -2.44. The number of benzene rings is 2. The SMILES string of the molecule is Cc1ccc(-c2c(CN(C(=O)O)C(C)(C)C)c(CC3CC3)nc3ccc(CCC(N)=O)cc23)cc1. The fraction of sp³-hybridized carbons (Fsp3) is 0.414. The van der Waals surface area contributed by atoms with E-state index in [1.807, 2.05) is 32.9 Å². The van der Waals surface area contributed by atoms with Gasteiger partial charge < -0.3 is 10.8 Å². The molecule has 6 nitrogen and oxygen atoms in total. The normalized spacial score (nSPS) is 13.7. The molecular weight excluding hydrogens is 438 g/mol. The number of carbonyl (C=O) groups is 2. The zero-order chi connectivity index (χ0) is 25.3. The van der Waals surface area contributed by atoms with Crippen molar-refractivity contribution in [2.45, 2.75) is 71.9 Å². The first kappa shape index (κ1) is 24.7. The number of amides is 2. The Morgan fingerprint density at radius 2 is 1.80 bits per heavy atom. The molecule has 0 bridgehead atoms. The first-order chi connectivity index (χ1) is 16.5. The van der Waals surface area contributed by atoms with Gasteiger partial charge in [0.15, 0.2) is 0 Å². The van der Waals surface area contributed by atoms with E-state index in [-0.39, 0.29) is 18.9 Å². The largest absolute Gasteiger partial charge is 0.465 e. The van der Waals surface area contributed by atoms with Crippen LogP contribution >= 0.6 is 0 Å². The monoisotopic (exact) mass is 473 g/mol. The molecule has 0 aliphatic heterocycles. The molecule has 1 saturated carbocycles. The Morgan fingerprint density at radius 1 is 1.11 bits per heavy atom. The van der Waals surface area contributed by atoms with Crippen LogP contribution in [0.1, 0.15) is 62.4 Å². The highest BCUT2D eigenvalue weighted by Gasteiger charge is 2.31. The maximum absolute atomic E-state index is 12.3. The summed E-state index contributed by atoms with van der Waals surface area (Å²) < 4.78 is 0. The van der Waals surface area contributed by atoms with Crippen molar-refractivity contribution in [2.24, 2.45) is 11.7 Å². The van der Waals surface area contributed by atoms with Crippen LogP contribution < -0.4 is 5.73 Å². The Labute approximate surface area is 207 Å². The average molecular weight is 474 g/mol. The molecule has 0 spiro atoms. The highest BCUT2D eigenvalue weighted by molar-refractivity contribution is 5.97. The fourth-order valence-electron chi connectivity index (χ4n) is 4.56. The third-order valence-corrected chi connectivity index (χ3v) is 6.77. The first-order valence-electron chi connectivity index (χ1n) is 12.3. The van der Waals surface area contributed by atoms with Gasteiger partial charge in [0.2, 0.25) is 5.91 Å². The number of nitrogens with zero attached hydrogens (tertiary/aromatic N) is 2. The molecule has 1 heterocycles. The Hall–Kier alpha value is -3.41. The number of carbonyl (C=O) groups excluding carboxylic acids is 1. The lowest BCUT2D eigenvalue weighted by atomic mass is 9.90. The van der Waals surface area contributed by atoms with Crippen LogP contribution in [-0.2, 0) is 24.2 Å². The molecule has 3 N–H and O–H groups in total. The van der Waals surface area contributed by atoms with Gasteiger partial charge in [-0.2, -0.15) is 0 Å². The minimum absolute atomic E-state index is 0.262. The number of rotatable bonds is 8. The van der Waals surface area contributed by atoms with E-state index in [0.717, 1.165) is 50.8 Å². The third kappa shape index (κ3) is 5.81. The molecule has 6 heteroatoms. The molecule has 2 aromatic carbocycles. The van der Waals surface area contributed by atoms with E-state index in [4.69, 9.17) is 10.7 Å². The number of aromatic nitrogens is 1. The van der Waals surface area contributed by atoms with Gasteiger partial charge in [-0.15, -0.1) is 0 Å². The van der Waals surface area contributed by atoms with Crippen molar-refractivity contribution in [2.75, 3.05) is 0 Å². The van der Waals surface area contributed by atoms with E-state index in [0.29, 0.717) is 12.3 Å². The second-order valence-electron chi connectivity index (χ2n) is 10.8. The lowest BCUT2D eigenvalue weighted by molar-refractivity contribution is -0.117. The molecule has 1 aliphatic carbocycles. The Balaban J connectivity index is 1.97. The van der Waals surface area contributed by atoms with Crippen molar-refractivity contribution in [1.82, 2.24) is 9.88 Å². The summed E-state index contributed by atoms with van der Waals surface area (Å²) in [6.07, 6.45) is 3.12. The van der Waals surface area contributed by atoms with Crippen molar-refractivity contribution in [3.8, 4) is 11.1 Å². The van der Waals surface area contributed by atoms with Crippen LogP contribution in [0.15, 0.2) is 42.5 Å². The summed E-state index contributed by atoms with van der Waals surface area (Å²) in [4.78, 5) is 30.3. The van der Waals surface area contributed by atoms with Gasteiger partial charge in [0.25, 0.3) is 0 Å². The highest BCUT2D eigenvalue weighted by atomic mass is 16.4. The molecule has 1 fully saturated rings. The Kier molecular flexibility index (Phi) is 6.84. The molecule has 0 radical (unpaired) electrons. The Bertz CT molecular complexity index is 1250. The Morgan fingerprint density at radius 3 is 2.37 bits per heavy atom. The maximum Gasteiger partial charge on any atom is 0.408 e. The van der Waals surface area contributed by atoms with E-state index in [1.54, 1.807) is 0 Å². The second-order valence-corrected chi connectivity index (χ2v) is 10.8. The highest BCUT2D eigenvalue weighted by Crippen LogP contribution is 2.39. The molecule has 184 valence electrons. The minimum atomic E-state index is -0.944. The molecule has 0 unspecified atom stereocenters. The van der Waals surface area contributed by atoms with Gasteiger partial charge in [0, 0.05) is 28.6 Å². The molecule has 0 saturated heterocycles. The van der Waals surface area contributed by atoms with Crippen molar-refractivity contribution in [3.05, 3.63) is 64.8 Å². The predicted molar refractivity (Wildman–Crippen MR) is 139 cm³/mol. The third-order valence-electron chi connectivity index (χ3n) is 6.77. The predicted octanol–water partition coefficient (Wildman–Crippen LogP) is 5.86. The van der Waals surface area contributed by atoms with Crippen LogP contribution in [0.2, 0.25) is 0 Å². The molecule has 0 atom stereocenters. The number of pyridine rings is 1. The number of nitrogens with two attached hydrogens (primary N) is 1. The van der Waals surface area contributed by atoms with E-state index >= 15 is 0 Å². The number of carboxylic acid groups (broad SMARTS) is 1. The standard InChI is InChI=1S/C29H35N3O3/c1-18-5-11-21(12-6-18)27-22-15-19(10-14-26(30)33)9-13-24(22)31-25(16-20-7-8-20)23(27)17-32(28(34)35)29(2,3)4/h5-6,9,11-13,15,20H,7-8,10,14,16-17H2,1-4H3,(H2,30,33)(H,34,35). The summed E-state index contributed by atoms with van der Waals surface area (Å²) in [5.41, 5.74) is 11.9. The summed E-state index contributed by atoms with van der Waals surface area (Å²) in [5, 5.41) is 11.1. The first-order valence-corrected chi connectivity index (χ1v) is 12.3. The quantitative estimate of drug-likeness (QED) is 0.428. The summed E-state index contributed by atoms with van der Waals surface area (Å²) >= 11 is 0. The van der Waals surface area contributed by atoms with E-state index < -0.39 is 11.6 Å². The van der Waals surface area contributed by atoms with Crippen molar-refractivity contribution in [1.29, 1.82) is 0 Å². The summed E-state index contributed by atoms with van der Waals surface area (Å²) in [5.74, 6) is 0.275. The van der Waals surface area contributed by atoms with Crippen molar-refractivity contribution < 1.29 is 14.7 Å². The van der Waals surface area contributed by atoms with Crippen LogP contribution in [0.3, 0.4) is 0 Å². The minimum Gasteiger partial charge on any atom is -0.465 e. The van der Waals surface area contributed by atoms with Crippen LogP contribution in [0, 0.1) is 12.8 Å². The van der Waals surface area contributed by atoms with Crippen LogP contribution in [0.5, 0.6) is 0 Å². The molecular formula is C29H35N3O3. The number of aryl methyl sites for hydroxylation is 2.